The molecular formula is C23H21N5O. The Morgan fingerprint density at radius 2 is 1.62 bits per heavy atom. The zero-order chi connectivity index (χ0) is 19.6. The predicted octanol–water partition coefficient (Wildman–Crippen LogP) is 3.78. The number of morpholine rings is 1. The number of nitrogens with two attached hydrogens (primary N) is 1. The maximum Gasteiger partial charge on any atom is 0.172 e. The first-order chi connectivity index (χ1) is 14.3. The fourth-order valence-electron chi connectivity index (χ4n) is 3.67. The highest BCUT2D eigenvalue weighted by atomic mass is 16.5. The molecule has 2 N–H and O–H groups in total. The molecule has 0 bridgehead atoms. The Kier molecular flexibility index (Phi) is 4.54. The molecule has 6 nitrogen and oxygen atoms in total. The summed E-state index contributed by atoms with van der Waals surface area (Å²) in [5, 5.41) is 1.07. The van der Waals surface area contributed by atoms with Crippen molar-refractivity contribution in [1.29, 1.82) is 0 Å². The summed E-state index contributed by atoms with van der Waals surface area (Å²) in [6.07, 6.45) is 1.80. The molecule has 2 aromatic carbocycles. The summed E-state index contributed by atoms with van der Waals surface area (Å²) < 4.78 is 5.48. The normalized spacial score (nSPS) is 14.3. The molecule has 144 valence electrons. The number of pyridine rings is 1. The summed E-state index contributed by atoms with van der Waals surface area (Å²) in [4.78, 5) is 16.4. The Morgan fingerprint density at radius 3 is 2.45 bits per heavy atom. The standard InChI is InChI=1S/C23H21N5O/c24-22-23(28-11-13-29-14-12-28)27-21(20(26-22)16-5-2-1-3-6-16)18-8-9-19-17(15-18)7-4-10-25-19/h1-10,15H,11-14H2,(H2,24,26). The summed E-state index contributed by atoms with van der Waals surface area (Å²) in [6.45, 7) is 2.84. The quantitative estimate of drug-likeness (QED) is 0.580. The van der Waals surface area contributed by atoms with Crippen molar-refractivity contribution in [3.8, 4) is 22.5 Å². The fraction of sp³-hybridized carbons (Fsp3) is 0.174. The Bertz CT molecular complexity index is 1160. The molecule has 0 amide bonds. The first-order valence-electron chi connectivity index (χ1n) is 9.70. The highest BCUT2D eigenvalue weighted by Gasteiger charge is 2.21. The lowest BCUT2D eigenvalue weighted by atomic mass is 10.0. The number of aromatic nitrogens is 3. The Morgan fingerprint density at radius 1 is 0.828 bits per heavy atom. The molecule has 1 fully saturated rings. The van der Waals surface area contributed by atoms with Crippen LogP contribution in [0.3, 0.4) is 0 Å². The lowest BCUT2D eigenvalue weighted by Crippen LogP contribution is -2.37. The number of ether oxygens (including phenoxy) is 1. The lowest BCUT2D eigenvalue weighted by molar-refractivity contribution is 0.122. The molecule has 0 unspecified atom stereocenters. The van der Waals surface area contributed by atoms with E-state index in [4.69, 9.17) is 20.4 Å². The average molecular weight is 383 g/mol. The number of hydrogen-bond donors (Lipinski definition) is 1. The third kappa shape index (κ3) is 3.39. The highest BCUT2D eigenvalue weighted by molar-refractivity contribution is 5.88. The maximum atomic E-state index is 6.36. The molecule has 1 aliphatic heterocycles. The third-order valence-corrected chi connectivity index (χ3v) is 5.14. The minimum Gasteiger partial charge on any atom is -0.381 e. The largest absolute Gasteiger partial charge is 0.381 e. The molecule has 1 saturated heterocycles. The van der Waals surface area contributed by atoms with Crippen molar-refractivity contribution < 1.29 is 4.74 Å². The SMILES string of the molecule is Nc1nc(-c2ccccc2)c(-c2ccc3ncccc3c2)nc1N1CCOCC1. The second kappa shape index (κ2) is 7.48. The fourth-order valence-corrected chi connectivity index (χ4v) is 3.67. The van der Waals surface area contributed by atoms with Crippen LogP contribution in [0.25, 0.3) is 33.4 Å². The molecule has 4 aromatic rings. The second-order valence-corrected chi connectivity index (χ2v) is 7.01. The van der Waals surface area contributed by atoms with Gasteiger partial charge in [-0.2, -0.15) is 0 Å². The van der Waals surface area contributed by atoms with Crippen LogP contribution in [-0.2, 0) is 4.74 Å². The van der Waals surface area contributed by atoms with Crippen LogP contribution < -0.4 is 10.6 Å². The molecule has 2 aromatic heterocycles. The van der Waals surface area contributed by atoms with E-state index in [9.17, 15) is 0 Å². The molecule has 1 aliphatic rings. The number of hydrogen-bond acceptors (Lipinski definition) is 6. The van der Waals surface area contributed by atoms with Gasteiger partial charge in [-0.25, -0.2) is 9.97 Å². The van der Waals surface area contributed by atoms with Crippen LogP contribution in [0.5, 0.6) is 0 Å². The van der Waals surface area contributed by atoms with Gasteiger partial charge in [-0.05, 0) is 18.2 Å². The van der Waals surface area contributed by atoms with Crippen molar-refractivity contribution >= 4 is 22.5 Å². The van der Waals surface area contributed by atoms with Gasteiger partial charge >= 0.3 is 0 Å². The minimum atomic E-state index is 0.442. The van der Waals surface area contributed by atoms with Crippen LogP contribution in [-0.4, -0.2) is 41.3 Å². The number of nitrogen functional groups attached to an aromatic ring is 1. The highest BCUT2D eigenvalue weighted by Crippen LogP contribution is 2.34. The topological polar surface area (TPSA) is 77.2 Å². The molecule has 5 rings (SSSR count). The van der Waals surface area contributed by atoms with Gasteiger partial charge in [-0.15, -0.1) is 0 Å². The molecule has 0 radical (unpaired) electrons. The Balaban J connectivity index is 1.71. The van der Waals surface area contributed by atoms with E-state index >= 15 is 0 Å². The van der Waals surface area contributed by atoms with E-state index in [0.717, 1.165) is 46.5 Å². The summed E-state index contributed by atoms with van der Waals surface area (Å²) in [5.41, 5.74) is 10.9. The second-order valence-electron chi connectivity index (χ2n) is 7.01. The van der Waals surface area contributed by atoms with Gasteiger partial charge in [-0.1, -0.05) is 42.5 Å². The van der Waals surface area contributed by atoms with Crippen molar-refractivity contribution in [3.63, 3.8) is 0 Å². The molecule has 29 heavy (non-hydrogen) atoms. The van der Waals surface area contributed by atoms with Crippen LogP contribution in [0.4, 0.5) is 11.6 Å². The van der Waals surface area contributed by atoms with E-state index in [0.29, 0.717) is 24.8 Å². The van der Waals surface area contributed by atoms with Crippen LogP contribution >= 0.6 is 0 Å². The molecule has 6 heteroatoms. The first kappa shape index (κ1) is 17.6. The van der Waals surface area contributed by atoms with Crippen LogP contribution in [0.15, 0.2) is 66.9 Å². The number of fused-ring (bicyclic) bond motifs is 1. The van der Waals surface area contributed by atoms with Crippen LogP contribution in [0, 0.1) is 0 Å². The molecular weight excluding hydrogens is 362 g/mol. The monoisotopic (exact) mass is 383 g/mol. The number of benzene rings is 2. The zero-order valence-electron chi connectivity index (χ0n) is 16.0. The van der Waals surface area contributed by atoms with Crippen molar-refractivity contribution in [1.82, 2.24) is 15.0 Å². The van der Waals surface area contributed by atoms with Crippen LogP contribution in [0.1, 0.15) is 0 Å². The van der Waals surface area contributed by atoms with Gasteiger partial charge in [0.1, 0.15) is 0 Å². The van der Waals surface area contributed by atoms with Gasteiger partial charge in [-0.3, -0.25) is 4.98 Å². The van der Waals surface area contributed by atoms with Crippen molar-refractivity contribution in [2.75, 3.05) is 36.9 Å². The predicted molar refractivity (Wildman–Crippen MR) is 116 cm³/mol. The number of anilines is 2. The smallest absolute Gasteiger partial charge is 0.172 e. The van der Waals surface area contributed by atoms with Crippen molar-refractivity contribution in [3.05, 3.63) is 66.9 Å². The van der Waals surface area contributed by atoms with Crippen molar-refractivity contribution in [2.24, 2.45) is 0 Å². The summed E-state index contributed by atoms with van der Waals surface area (Å²) in [7, 11) is 0. The van der Waals surface area contributed by atoms with Gasteiger partial charge in [0.05, 0.1) is 30.1 Å². The van der Waals surface area contributed by atoms with E-state index in [2.05, 4.69) is 22.0 Å². The Labute approximate surface area is 169 Å². The Hall–Kier alpha value is -3.51. The number of nitrogens with zero attached hydrogens (tertiary/aromatic N) is 4. The lowest BCUT2D eigenvalue weighted by Gasteiger charge is -2.29. The zero-order valence-corrected chi connectivity index (χ0v) is 16.0. The van der Waals surface area contributed by atoms with Gasteiger partial charge in [0, 0.05) is 35.8 Å². The molecule has 0 aliphatic carbocycles. The van der Waals surface area contributed by atoms with E-state index in [-0.39, 0.29) is 0 Å². The maximum absolute atomic E-state index is 6.36. The van der Waals surface area contributed by atoms with E-state index in [1.807, 2.05) is 48.5 Å². The number of rotatable bonds is 3. The summed E-state index contributed by atoms with van der Waals surface area (Å²) in [5.74, 6) is 1.16. The molecule has 3 heterocycles. The van der Waals surface area contributed by atoms with Gasteiger partial charge in [0.25, 0.3) is 0 Å². The molecule has 0 saturated carbocycles. The molecule has 0 spiro atoms. The van der Waals surface area contributed by atoms with Gasteiger partial charge < -0.3 is 15.4 Å². The van der Waals surface area contributed by atoms with Crippen molar-refractivity contribution in [2.45, 2.75) is 0 Å². The van der Waals surface area contributed by atoms with Gasteiger partial charge in [0.15, 0.2) is 11.6 Å². The summed E-state index contributed by atoms with van der Waals surface area (Å²) in [6, 6.07) is 20.2. The van der Waals surface area contributed by atoms with E-state index < -0.39 is 0 Å². The minimum absolute atomic E-state index is 0.442. The third-order valence-electron chi connectivity index (χ3n) is 5.14. The summed E-state index contributed by atoms with van der Waals surface area (Å²) >= 11 is 0. The van der Waals surface area contributed by atoms with E-state index in [1.165, 1.54) is 0 Å². The molecule has 0 atom stereocenters. The van der Waals surface area contributed by atoms with Crippen LogP contribution in [0.2, 0.25) is 0 Å². The average Bonchev–Trinajstić information content (AvgIpc) is 2.80. The van der Waals surface area contributed by atoms with E-state index in [1.54, 1.807) is 6.20 Å². The van der Waals surface area contributed by atoms with Gasteiger partial charge in [0.2, 0.25) is 0 Å². The first-order valence-corrected chi connectivity index (χ1v) is 9.70.